The zero-order valence-corrected chi connectivity index (χ0v) is 20.5. The minimum absolute atomic E-state index is 0. The molecule has 0 atom stereocenters. The quantitative estimate of drug-likeness (QED) is 0.284. The highest BCUT2D eigenvalue weighted by Crippen LogP contribution is 2.15. The molecule has 0 saturated carbocycles. The van der Waals surface area contributed by atoms with Crippen molar-refractivity contribution in [1.82, 2.24) is 15.6 Å². The first kappa shape index (κ1) is 26.1. The minimum atomic E-state index is -3.23. The molecular formula is C20H28FIN4O3S. The summed E-state index contributed by atoms with van der Waals surface area (Å²) in [5.74, 6) is 0.488. The Balaban J connectivity index is 0.00000450. The van der Waals surface area contributed by atoms with Crippen LogP contribution in [0, 0.1) is 5.82 Å². The number of halogens is 2. The van der Waals surface area contributed by atoms with Gasteiger partial charge in [0.25, 0.3) is 0 Å². The van der Waals surface area contributed by atoms with E-state index in [-0.39, 0.29) is 36.3 Å². The molecule has 1 heterocycles. The first-order chi connectivity index (χ1) is 13.8. The third kappa shape index (κ3) is 8.82. The monoisotopic (exact) mass is 550 g/mol. The lowest BCUT2D eigenvalue weighted by molar-refractivity contribution is 0.301. The lowest BCUT2D eigenvalue weighted by Crippen LogP contribution is -2.36. The molecule has 166 valence electrons. The Labute approximate surface area is 194 Å². The normalized spacial score (nSPS) is 11.5. The Bertz CT molecular complexity index is 955. The number of pyridine rings is 1. The van der Waals surface area contributed by atoms with Crippen LogP contribution in [0.1, 0.15) is 30.0 Å². The summed E-state index contributed by atoms with van der Waals surface area (Å²) >= 11 is 0. The third-order valence-electron chi connectivity index (χ3n) is 4.00. The van der Waals surface area contributed by atoms with Gasteiger partial charge in [0.15, 0.2) is 15.8 Å². The summed E-state index contributed by atoms with van der Waals surface area (Å²) in [6, 6.07) is 7.83. The topological polar surface area (TPSA) is 92.7 Å². The van der Waals surface area contributed by atoms with Gasteiger partial charge in [-0.25, -0.2) is 17.8 Å². The van der Waals surface area contributed by atoms with Crippen LogP contribution in [-0.2, 0) is 28.7 Å². The number of nitrogens with one attached hydrogen (secondary N) is 2. The van der Waals surface area contributed by atoms with Gasteiger partial charge in [0.05, 0.1) is 12.4 Å². The van der Waals surface area contributed by atoms with E-state index in [1.165, 1.54) is 18.2 Å². The van der Waals surface area contributed by atoms with E-state index in [0.717, 1.165) is 18.2 Å². The number of ether oxygens (including phenoxy) is 1. The molecular weight excluding hydrogens is 522 g/mol. The van der Waals surface area contributed by atoms with Crippen LogP contribution in [0.2, 0.25) is 0 Å². The fourth-order valence-corrected chi connectivity index (χ4v) is 3.49. The maximum Gasteiger partial charge on any atom is 0.218 e. The Kier molecular flexibility index (Phi) is 11.0. The molecule has 0 aliphatic heterocycles. The summed E-state index contributed by atoms with van der Waals surface area (Å²) in [7, 11) is -1.61. The molecule has 30 heavy (non-hydrogen) atoms. The summed E-state index contributed by atoms with van der Waals surface area (Å²) in [6.07, 6.45) is 3.71. The lowest BCUT2D eigenvalue weighted by atomic mass is 10.1. The summed E-state index contributed by atoms with van der Waals surface area (Å²) in [5.41, 5.74) is 2.00. The highest BCUT2D eigenvalue weighted by molar-refractivity contribution is 14.0. The molecule has 0 aliphatic rings. The highest BCUT2D eigenvalue weighted by atomic mass is 127. The van der Waals surface area contributed by atoms with Gasteiger partial charge in [-0.05, 0) is 35.7 Å². The van der Waals surface area contributed by atoms with Crippen LogP contribution in [0.25, 0.3) is 0 Å². The van der Waals surface area contributed by atoms with E-state index in [1.807, 2.05) is 19.1 Å². The molecule has 10 heteroatoms. The van der Waals surface area contributed by atoms with Crippen molar-refractivity contribution in [3.8, 4) is 5.88 Å². The van der Waals surface area contributed by atoms with Crippen molar-refractivity contribution >= 4 is 39.8 Å². The van der Waals surface area contributed by atoms with Crippen molar-refractivity contribution < 1.29 is 17.5 Å². The molecule has 0 aliphatic carbocycles. The average molecular weight is 550 g/mol. The minimum Gasteiger partial charge on any atom is -0.477 e. The second-order valence-electron chi connectivity index (χ2n) is 6.58. The van der Waals surface area contributed by atoms with E-state index in [2.05, 4.69) is 20.6 Å². The van der Waals surface area contributed by atoms with Crippen molar-refractivity contribution in [3.63, 3.8) is 0 Å². The number of guanidine groups is 1. The zero-order valence-electron chi connectivity index (χ0n) is 17.3. The van der Waals surface area contributed by atoms with Gasteiger partial charge in [0.2, 0.25) is 5.88 Å². The Morgan fingerprint density at radius 1 is 1.17 bits per heavy atom. The van der Waals surface area contributed by atoms with Crippen LogP contribution in [0.3, 0.4) is 0 Å². The first-order valence-corrected chi connectivity index (χ1v) is 11.3. The standard InChI is InChI=1S/C20H27FN4O3S.HI/c1-4-10-28-19-15(6-5-9-23-19)12-24-20(22-2)25-13-17-11-18(21)8-7-16(17)14-29(3,26)27;/h5-9,11H,4,10,12-14H2,1-3H3,(H2,22,24,25);1H. The number of rotatable bonds is 9. The second-order valence-corrected chi connectivity index (χ2v) is 8.72. The van der Waals surface area contributed by atoms with Crippen molar-refractivity contribution in [1.29, 1.82) is 0 Å². The molecule has 0 bridgehead atoms. The summed E-state index contributed by atoms with van der Waals surface area (Å²) in [5, 5.41) is 6.25. The smallest absolute Gasteiger partial charge is 0.218 e. The van der Waals surface area contributed by atoms with Crippen LogP contribution in [-0.4, -0.2) is 39.3 Å². The molecule has 0 fully saturated rings. The van der Waals surface area contributed by atoms with Gasteiger partial charge in [0.1, 0.15) is 5.82 Å². The number of benzene rings is 1. The van der Waals surface area contributed by atoms with Crippen molar-refractivity contribution in [2.75, 3.05) is 19.9 Å². The Hall–Kier alpha value is -1.95. The van der Waals surface area contributed by atoms with Crippen LogP contribution in [0.5, 0.6) is 5.88 Å². The molecule has 7 nitrogen and oxygen atoms in total. The fraction of sp³-hybridized carbons (Fsp3) is 0.400. The summed E-state index contributed by atoms with van der Waals surface area (Å²) in [6.45, 7) is 3.27. The lowest BCUT2D eigenvalue weighted by Gasteiger charge is -2.15. The van der Waals surface area contributed by atoms with E-state index in [4.69, 9.17) is 4.74 Å². The molecule has 0 saturated heterocycles. The number of sulfone groups is 1. The fourth-order valence-electron chi connectivity index (χ4n) is 2.65. The van der Waals surface area contributed by atoms with Crippen LogP contribution in [0.4, 0.5) is 4.39 Å². The number of aromatic nitrogens is 1. The largest absolute Gasteiger partial charge is 0.477 e. The van der Waals surface area contributed by atoms with Crippen LogP contribution >= 0.6 is 24.0 Å². The zero-order chi connectivity index (χ0) is 21.3. The Morgan fingerprint density at radius 2 is 1.87 bits per heavy atom. The van der Waals surface area contributed by atoms with Crippen LogP contribution < -0.4 is 15.4 Å². The van der Waals surface area contributed by atoms with Crippen LogP contribution in [0.15, 0.2) is 41.5 Å². The van der Waals surface area contributed by atoms with Gasteiger partial charge >= 0.3 is 0 Å². The number of hydrogen-bond acceptors (Lipinski definition) is 5. The van der Waals surface area contributed by atoms with E-state index in [9.17, 15) is 12.8 Å². The Morgan fingerprint density at radius 3 is 2.50 bits per heavy atom. The molecule has 0 amide bonds. The van der Waals surface area contributed by atoms with E-state index < -0.39 is 15.7 Å². The molecule has 2 N–H and O–H groups in total. The van der Waals surface area contributed by atoms with Gasteiger partial charge in [-0.1, -0.05) is 19.1 Å². The SMILES string of the molecule is CCCOc1ncccc1CNC(=NC)NCc1cc(F)ccc1CS(C)(=O)=O.I. The van der Waals surface area contributed by atoms with E-state index in [1.54, 1.807) is 13.2 Å². The van der Waals surface area contributed by atoms with Crippen molar-refractivity contribution in [3.05, 3.63) is 59.0 Å². The highest BCUT2D eigenvalue weighted by Gasteiger charge is 2.12. The maximum absolute atomic E-state index is 13.7. The van der Waals surface area contributed by atoms with Gasteiger partial charge in [-0.3, -0.25) is 4.99 Å². The number of nitrogens with zero attached hydrogens (tertiary/aromatic N) is 2. The van der Waals surface area contributed by atoms with Gasteiger partial charge in [-0.15, -0.1) is 24.0 Å². The van der Waals surface area contributed by atoms with Gasteiger partial charge in [-0.2, -0.15) is 0 Å². The molecule has 2 rings (SSSR count). The maximum atomic E-state index is 13.7. The summed E-state index contributed by atoms with van der Waals surface area (Å²) < 4.78 is 42.6. The predicted octanol–water partition coefficient (Wildman–Crippen LogP) is 3.04. The third-order valence-corrected chi connectivity index (χ3v) is 4.83. The molecule has 0 unspecified atom stereocenters. The van der Waals surface area contributed by atoms with Gasteiger partial charge < -0.3 is 15.4 Å². The van der Waals surface area contributed by atoms with Crippen molar-refractivity contribution in [2.24, 2.45) is 4.99 Å². The number of aliphatic imine (C=N–C) groups is 1. The van der Waals surface area contributed by atoms with Crippen molar-refractivity contribution in [2.45, 2.75) is 32.2 Å². The molecule has 0 spiro atoms. The first-order valence-electron chi connectivity index (χ1n) is 9.28. The van der Waals surface area contributed by atoms with E-state index >= 15 is 0 Å². The summed E-state index contributed by atoms with van der Waals surface area (Å²) in [4.78, 5) is 8.41. The number of hydrogen-bond donors (Lipinski definition) is 2. The van der Waals surface area contributed by atoms with Gasteiger partial charge in [0, 0.05) is 38.2 Å². The molecule has 2 aromatic rings. The molecule has 0 radical (unpaired) electrons. The molecule has 1 aromatic heterocycles. The predicted molar refractivity (Wildman–Crippen MR) is 127 cm³/mol. The molecule has 1 aromatic carbocycles. The second kappa shape index (κ2) is 12.7. The average Bonchev–Trinajstić information content (AvgIpc) is 2.68. The van der Waals surface area contributed by atoms with E-state index in [0.29, 0.717) is 36.1 Å².